The Morgan fingerprint density at radius 1 is 1.18 bits per heavy atom. The number of nitriles is 1. The number of amides is 1. The zero-order valence-corrected chi connectivity index (χ0v) is 21.3. The van der Waals surface area contributed by atoms with Gasteiger partial charge < -0.3 is 24.8 Å². The van der Waals surface area contributed by atoms with Crippen LogP contribution < -0.4 is 15.0 Å². The molecule has 1 saturated heterocycles. The van der Waals surface area contributed by atoms with Crippen LogP contribution >= 0.6 is 0 Å². The lowest BCUT2D eigenvalue weighted by atomic mass is 10.2. The number of aromatic nitrogens is 1. The van der Waals surface area contributed by atoms with Gasteiger partial charge in [0.15, 0.2) is 23.0 Å². The molecule has 11 heteroatoms. The van der Waals surface area contributed by atoms with Gasteiger partial charge in [-0.25, -0.2) is 13.8 Å². The van der Waals surface area contributed by atoms with Crippen LogP contribution in [0.4, 0.5) is 20.2 Å². The predicted octanol–water partition coefficient (Wildman–Crippen LogP) is 4.38. The summed E-state index contributed by atoms with van der Waals surface area (Å²) in [7, 11) is 1.47. The number of anilines is 2. The van der Waals surface area contributed by atoms with E-state index in [1.807, 2.05) is 35.2 Å². The largest absolute Gasteiger partial charge is 0.434 e. The van der Waals surface area contributed by atoms with E-state index in [0.717, 1.165) is 24.8 Å². The van der Waals surface area contributed by atoms with Crippen LogP contribution in [-0.4, -0.2) is 61.6 Å². The molecule has 0 saturated carbocycles. The average Bonchev–Trinajstić information content (AvgIpc) is 3.33. The third-order valence-electron chi connectivity index (χ3n) is 6.26. The Bertz CT molecular complexity index is 1480. The number of nitrogens with zero attached hydrogens (tertiary/aromatic N) is 5. The lowest BCUT2D eigenvalue weighted by Gasteiger charge is -2.35. The smallest absolute Gasteiger partial charge is 0.240 e. The molecule has 196 valence electrons. The fourth-order valence-electron chi connectivity index (χ4n) is 4.28. The van der Waals surface area contributed by atoms with Crippen molar-refractivity contribution < 1.29 is 18.3 Å². The Kier molecular flexibility index (Phi) is 7.71. The Morgan fingerprint density at radius 3 is 2.45 bits per heavy atom. The maximum absolute atomic E-state index is 15.1. The number of aryl methyl sites for hydroxylation is 1. The van der Waals surface area contributed by atoms with Gasteiger partial charge in [0, 0.05) is 68.7 Å². The van der Waals surface area contributed by atoms with Crippen molar-refractivity contribution in [2.24, 2.45) is 9.98 Å². The zero-order chi connectivity index (χ0) is 27.4. The Labute approximate surface area is 218 Å². The van der Waals surface area contributed by atoms with E-state index in [1.165, 1.54) is 13.1 Å². The molecular formula is C27H27F2N7O2. The Hall–Kier alpha value is -4.72. The molecule has 3 aromatic rings. The number of H-pyrrole nitrogens is 1. The molecule has 0 unspecified atom stereocenters. The molecule has 2 heterocycles. The summed E-state index contributed by atoms with van der Waals surface area (Å²) in [5.74, 6) is -2.10. The average molecular weight is 520 g/mol. The summed E-state index contributed by atoms with van der Waals surface area (Å²) >= 11 is 0. The number of rotatable bonds is 6. The van der Waals surface area contributed by atoms with E-state index in [9.17, 15) is 14.4 Å². The van der Waals surface area contributed by atoms with Gasteiger partial charge in [0.2, 0.25) is 11.8 Å². The van der Waals surface area contributed by atoms with Crippen LogP contribution in [0.25, 0.3) is 10.9 Å². The number of carbonyl (C=O) groups excluding carboxylic acids is 1. The van der Waals surface area contributed by atoms with E-state index in [-0.39, 0.29) is 34.1 Å². The molecule has 9 nitrogen and oxygen atoms in total. The molecule has 38 heavy (non-hydrogen) atoms. The number of amidine groups is 1. The second-order valence-corrected chi connectivity index (χ2v) is 8.70. The summed E-state index contributed by atoms with van der Waals surface area (Å²) in [6.07, 6.45) is 0. The fraction of sp³-hybridized carbons (Fsp3) is 0.259. The summed E-state index contributed by atoms with van der Waals surface area (Å²) in [6, 6.07) is 11.8. The van der Waals surface area contributed by atoms with Crippen molar-refractivity contribution in [1.82, 2.24) is 9.88 Å². The van der Waals surface area contributed by atoms with Crippen molar-refractivity contribution in [3.63, 3.8) is 0 Å². The van der Waals surface area contributed by atoms with Gasteiger partial charge in [0.1, 0.15) is 11.9 Å². The fourth-order valence-corrected chi connectivity index (χ4v) is 4.28. The third kappa shape index (κ3) is 5.34. The molecule has 1 aromatic heterocycles. The van der Waals surface area contributed by atoms with Crippen LogP contribution in [0.1, 0.15) is 12.6 Å². The molecule has 1 aliphatic heterocycles. The molecule has 1 aliphatic rings. The molecule has 2 aromatic carbocycles. The monoisotopic (exact) mass is 519 g/mol. The molecule has 0 aliphatic carbocycles. The highest BCUT2D eigenvalue weighted by Gasteiger charge is 2.21. The Morgan fingerprint density at radius 2 is 1.87 bits per heavy atom. The van der Waals surface area contributed by atoms with Gasteiger partial charge >= 0.3 is 0 Å². The molecule has 2 N–H and O–H groups in total. The van der Waals surface area contributed by atoms with Crippen molar-refractivity contribution in [2.45, 2.75) is 13.8 Å². The number of halogens is 2. The minimum Gasteiger partial charge on any atom is -0.434 e. The molecule has 1 fully saturated rings. The topological polar surface area (TPSA) is 109 Å². The number of hydrogen-bond acceptors (Lipinski definition) is 6. The van der Waals surface area contributed by atoms with E-state index in [1.54, 1.807) is 13.8 Å². The van der Waals surface area contributed by atoms with Gasteiger partial charge in [-0.1, -0.05) is 0 Å². The van der Waals surface area contributed by atoms with E-state index in [0.29, 0.717) is 24.5 Å². The number of aliphatic imine (C=N–C) groups is 2. The normalized spacial score (nSPS) is 14.7. The number of nitrogens with one attached hydrogen (secondary N) is 2. The van der Waals surface area contributed by atoms with Gasteiger partial charge in [-0.15, -0.1) is 0 Å². The lowest BCUT2D eigenvalue weighted by molar-refractivity contribution is -0.129. The molecule has 4 rings (SSSR count). The lowest BCUT2D eigenvalue weighted by Crippen LogP contribution is -2.48. The number of aromatic amines is 1. The van der Waals surface area contributed by atoms with Crippen LogP contribution in [0.15, 0.2) is 57.8 Å². The van der Waals surface area contributed by atoms with Crippen molar-refractivity contribution >= 4 is 40.7 Å². The van der Waals surface area contributed by atoms with Gasteiger partial charge in [0.25, 0.3) is 0 Å². The van der Waals surface area contributed by atoms with Crippen molar-refractivity contribution in [3.8, 4) is 11.8 Å². The molecular weight excluding hydrogens is 492 g/mol. The van der Waals surface area contributed by atoms with Crippen LogP contribution in [0.3, 0.4) is 0 Å². The van der Waals surface area contributed by atoms with Crippen molar-refractivity contribution in [1.29, 1.82) is 5.26 Å². The third-order valence-corrected chi connectivity index (χ3v) is 6.26. The molecule has 0 spiro atoms. The van der Waals surface area contributed by atoms with Crippen molar-refractivity contribution in [3.05, 3.63) is 65.2 Å². The molecule has 1 amide bonds. The minimum absolute atomic E-state index is 0.0183. The first kappa shape index (κ1) is 26.3. The standard InChI is InChI=1S/C27H27F2N7O2/c1-16-13-20-24(29)23(14-22(28)25(20)33-16)38-27(32-4)21(15-30)26(31-3)34-18-5-7-19(8-6-18)36-11-9-35(10-12-36)17(2)37/h5-8,13-14,33H,4,9-12H2,1-3H3,(H,31,34)/b27-21+. The highest BCUT2D eigenvalue weighted by Crippen LogP contribution is 2.31. The number of piperazine rings is 1. The summed E-state index contributed by atoms with van der Waals surface area (Å²) in [4.78, 5) is 26.2. The van der Waals surface area contributed by atoms with Gasteiger partial charge in [-0.3, -0.25) is 9.79 Å². The SMILES string of the molecule is C=N/C(Oc1cc(F)c2[nH]c(C)cc2c1F)=C(/C#N)C(=NC)Nc1ccc(N2CCN(C(C)=O)CC2)cc1. The number of fused-ring (bicyclic) bond motifs is 1. The number of carbonyl (C=O) groups is 1. The van der Waals surface area contributed by atoms with Gasteiger partial charge in [0.05, 0.1) is 5.52 Å². The van der Waals surface area contributed by atoms with Crippen molar-refractivity contribution in [2.75, 3.05) is 43.4 Å². The van der Waals surface area contributed by atoms with E-state index >= 15 is 4.39 Å². The van der Waals surface area contributed by atoms with E-state index < -0.39 is 17.4 Å². The van der Waals surface area contributed by atoms with E-state index in [2.05, 4.69) is 31.9 Å². The number of hydrogen-bond donors (Lipinski definition) is 2. The first-order valence-electron chi connectivity index (χ1n) is 11.9. The summed E-state index contributed by atoms with van der Waals surface area (Å²) < 4.78 is 35.1. The van der Waals surface area contributed by atoms with Crippen LogP contribution in [-0.2, 0) is 4.79 Å². The second kappa shape index (κ2) is 11.1. The Balaban J connectivity index is 1.54. The molecule has 0 bridgehead atoms. The number of benzene rings is 2. The maximum Gasteiger partial charge on any atom is 0.240 e. The summed E-state index contributed by atoms with van der Waals surface area (Å²) in [6.45, 7) is 9.46. The quantitative estimate of drug-likeness (QED) is 0.218. The summed E-state index contributed by atoms with van der Waals surface area (Å²) in [5.41, 5.74) is 2.09. The molecule has 0 atom stereocenters. The minimum atomic E-state index is -0.799. The first-order chi connectivity index (χ1) is 18.2. The van der Waals surface area contributed by atoms with Crippen LogP contribution in [0.2, 0.25) is 0 Å². The van der Waals surface area contributed by atoms with E-state index in [4.69, 9.17) is 4.74 Å². The van der Waals surface area contributed by atoms with Crippen LogP contribution in [0, 0.1) is 29.9 Å². The van der Waals surface area contributed by atoms with Crippen LogP contribution in [0.5, 0.6) is 5.75 Å². The predicted molar refractivity (Wildman–Crippen MR) is 144 cm³/mol. The number of ether oxygens (including phenoxy) is 1. The molecule has 0 radical (unpaired) electrons. The highest BCUT2D eigenvalue weighted by atomic mass is 19.1. The summed E-state index contributed by atoms with van der Waals surface area (Å²) in [5, 5.41) is 12.9. The highest BCUT2D eigenvalue weighted by molar-refractivity contribution is 6.11. The van der Waals surface area contributed by atoms with Gasteiger partial charge in [-0.2, -0.15) is 5.26 Å². The van der Waals surface area contributed by atoms with Gasteiger partial charge in [-0.05, 0) is 44.0 Å². The zero-order valence-electron chi connectivity index (χ0n) is 21.3. The first-order valence-corrected chi connectivity index (χ1v) is 11.9. The second-order valence-electron chi connectivity index (χ2n) is 8.70. The maximum atomic E-state index is 15.1.